The summed E-state index contributed by atoms with van der Waals surface area (Å²) in [4.78, 5) is 13.5. The van der Waals surface area contributed by atoms with E-state index in [2.05, 4.69) is 5.32 Å². The third-order valence-electron chi connectivity index (χ3n) is 5.75. The fraction of sp³-hybridized carbons (Fsp3) is 0.240. The fourth-order valence-corrected chi connectivity index (χ4v) is 5.87. The van der Waals surface area contributed by atoms with E-state index < -0.39 is 16.1 Å². The van der Waals surface area contributed by atoms with Gasteiger partial charge in [-0.1, -0.05) is 66.7 Å². The van der Waals surface area contributed by atoms with E-state index in [-0.39, 0.29) is 17.3 Å². The van der Waals surface area contributed by atoms with Crippen molar-refractivity contribution < 1.29 is 13.2 Å². The van der Waals surface area contributed by atoms with E-state index in [0.717, 1.165) is 22.3 Å². The first-order valence-corrected chi connectivity index (χ1v) is 11.8. The monoisotopic (exact) mass is 434 g/mol. The van der Waals surface area contributed by atoms with Crippen molar-refractivity contribution in [1.29, 1.82) is 0 Å². The van der Waals surface area contributed by atoms with Gasteiger partial charge in [0.05, 0.1) is 4.90 Å². The van der Waals surface area contributed by atoms with Crippen LogP contribution in [0.15, 0.2) is 77.7 Å². The highest BCUT2D eigenvalue weighted by Crippen LogP contribution is 2.31. The highest BCUT2D eigenvalue weighted by molar-refractivity contribution is 7.89. The molecule has 3 aromatic carbocycles. The molecule has 0 aromatic heterocycles. The number of sulfonamides is 1. The molecule has 0 radical (unpaired) electrons. The van der Waals surface area contributed by atoms with Gasteiger partial charge in [0.2, 0.25) is 15.9 Å². The highest BCUT2D eigenvalue weighted by atomic mass is 32.2. The van der Waals surface area contributed by atoms with E-state index in [4.69, 9.17) is 0 Å². The number of carbonyl (C=O) groups excluding carboxylic acids is 1. The highest BCUT2D eigenvalue weighted by Gasteiger charge is 2.40. The second-order valence-corrected chi connectivity index (χ2v) is 9.87. The molecule has 1 heterocycles. The van der Waals surface area contributed by atoms with Crippen LogP contribution in [-0.2, 0) is 34.3 Å². The standard InChI is InChI=1S/C25H26N2O3S/c1-18-12-13-19(2)24(14-18)31(29,30)27-17-22-11-7-6-10-21(22)15-23(27)25(28)26-16-20-8-4-3-5-9-20/h3-14,23H,15-17H2,1-2H3,(H,26,28)/t23-/m1/s1. The number of hydrogen-bond acceptors (Lipinski definition) is 3. The van der Waals surface area contributed by atoms with Crippen molar-refractivity contribution in [3.8, 4) is 0 Å². The Morgan fingerprint density at radius 2 is 1.65 bits per heavy atom. The Labute approximate surface area is 183 Å². The van der Waals surface area contributed by atoms with Crippen LogP contribution in [0.1, 0.15) is 27.8 Å². The summed E-state index contributed by atoms with van der Waals surface area (Å²) >= 11 is 0. The SMILES string of the molecule is Cc1ccc(C)c(S(=O)(=O)N2Cc3ccccc3C[C@@H]2C(=O)NCc2ccccc2)c1. The Morgan fingerprint density at radius 3 is 2.39 bits per heavy atom. The second-order valence-electron chi connectivity index (χ2n) is 8.01. The minimum Gasteiger partial charge on any atom is -0.351 e. The van der Waals surface area contributed by atoms with E-state index in [0.29, 0.717) is 18.5 Å². The molecule has 0 unspecified atom stereocenters. The second kappa shape index (κ2) is 8.65. The number of carbonyl (C=O) groups is 1. The van der Waals surface area contributed by atoms with Crippen LogP contribution >= 0.6 is 0 Å². The molecule has 1 aliphatic rings. The quantitative estimate of drug-likeness (QED) is 0.665. The molecular weight excluding hydrogens is 408 g/mol. The lowest BCUT2D eigenvalue weighted by Gasteiger charge is -2.35. The van der Waals surface area contributed by atoms with Crippen LogP contribution in [0, 0.1) is 13.8 Å². The minimum atomic E-state index is -3.86. The molecule has 0 saturated heterocycles. The Morgan fingerprint density at radius 1 is 0.968 bits per heavy atom. The Kier molecular flexibility index (Phi) is 5.94. The third-order valence-corrected chi connectivity index (χ3v) is 7.74. The number of benzene rings is 3. The Hall–Kier alpha value is -2.96. The van der Waals surface area contributed by atoms with Crippen molar-refractivity contribution in [1.82, 2.24) is 9.62 Å². The van der Waals surface area contributed by atoms with E-state index in [9.17, 15) is 13.2 Å². The molecule has 1 N–H and O–H groups in total. The van der Waals surface area contributed by atoms with Gasteiger partial charge in [-0.3, -0.25) is 4.79 Å². The van der Waals surface area contributed by atoms with Gasteiger partial charge in [-0.15, -0.1) is 0 Å². The molecule has 0 saturated carbocycles. The van der Waals surface area contributed by atoms with E-state index in [1.807, 2.05) is 73.7 Å². The van der Waals surface area contributed by atoms with Crippen LogP contribution in [0.25, 0.3) is 0 Å². The lowest BCUT2D eigenvalue weighted by molar-refractivity contribution is -0.125. The molecule has 4 rings (SSSR count). The predicted octanol–water partition coefficient (Wildman–Crippen LogP) is 3.74. The molecule has 3 aromatic rings. The first-order valence-electron chi connectivity index (χ1n) is 10.3. The number of amides is 1. The van der Waals surface area contributed by atoms with E-state index in [1.54, 1.807) is 13.0 Å². The van der Waals surface area contributed by atoms with Crippen LogP contribution in [-0.4, -0.2) is 24.7 Å². The summed E-state index contributed by atoms with van der Waals surface area (Å²) in [5.74, 6) is -0.285. The zero-order valence-electron chi connectivity index (χ0n) is 17.7. The summed E-state index contributed by atoms with van der Waals surface area (Å²) < 4.78 is 28.8. The molecule has 1 amide bonds. The smallest absolute Gasteiger partial charge is 0.244 e. The lowest BCUT2D eigenvalue weighted by atomic mass is 9.95. The molecule has 1 aliphatic heterocycles. The maximum atomic E-state index is 13.7. The van der Waals surface area contributed by atoms with Gasteiger partial charge in [0.1, 0.15) is 6.04 Å². The van der Waals surface area contributed by atoms with Crippen LogP contribution in [0.3, 0.4) is 0 Å². The van der Waals surface area contributed by atoms with Crippen molar-refractivity contribution in [2.24, 2.45) is 0 Å². The van der Waals surface area contributed by atoms with Gasteiger partial charge < -0.3 is 5.32 Å². The number of nitrogens with one attached hydrogen (secondary N) is 1. The molecule has 5 nitrogen and oxygen atoms in total. The molecule has 31 heavy (non-hydrogen) atoms. The first kappa shape index (κ1) is 21.3. The molecule has 160 valence electrons. The van der Waals surface area contributed by atoms with Crippen molar-refractivity contribution in [2.75, 3.05) is 0 Å². The molecule has 1 atom stereocenters. The van der Waals surface area contributed by atoms with Crippen molar-refractivity contribution in [3.05, 3.63) is 101 Å². The minimum absolute atomic E-state index is 0.176. The van der Waals surface area contributed by atoms with E-state index >= 15 is 0 Å². The first-order chi connectivity index (χ1) is 14.9. The van der Waals surface area contributed by atoms with Gasteiger partial charge in [-0.2, -0.15) is 4.31 Å². The number of nitrogens with zero attached hydrogens (tertiary/aromatic N) is 1. The topological polar surface area (TPSA) is 66.5 Å². The maximum absolute atomic E-state index is 13.7. The van der Waals surface area contributed by atoms with Gasteiger partial charge in [0, 0.05) is 13.1 Å². The molecule has 0 bridgehead atoms. The van der Waals surface area contributed by atoms with Crippen molar-refractivity contribution >= 4 is 15.9 Å². The molecule has 0 spiro atoms. The largest absolute Gasteiger partial charge is 0.351 e. The van der Waals surface area contributed by atoms with Gasteiger partial charge in [0.25, 0.3) is 0 Å². The van der Waals surface area contributed by atoms with Crippen LogP contribution < -0.4 is 5.32 Å². The maximum Gasteiger partial charge on any atom is 0.244 e. The summed E-state index contributed by atoms with van der Waals surface area (Å²) in [6, 6.07) is 21.9. The summed E-state index contributed by atoms with van der Waals surface area (Å²) in [5.41, 5.74) is 4.45. The van der Waals surface area contributed by atoms with Crippen molar-refractivity contribution in [2.45, 2.75) is 44.3 Å². The lowest BCUT2D eigenvalue weighted by Crippen LogP contribution is -2.52. The summed E-state index contributed by atoms with van der Waals surface area (Å²) in [6.07, 6.45) is 0.348. The molecular formula is C25H26N2O3S. The van der Waals surface area contributed by atoms with Crippen LogP contribution in [0.4, 0.5) is 0 Å². The zero-order valence-corrected chi connectivity index (χ0v) is 18.5. The average molecular weight is 435 g/mol. The predicted molar refractivity (Wildman–Crippen MR) is 121 cm³/mol. The van der Waals surface area contributed by atoms with E-state index in [1.165, 1.54) is 4.31 Å². The van der Waals surface area contributed by atoms with Crippen LogP contribution in [0.5, 0.6) is 0 Å². The summed E-state index contributed by atoms with van der Waals surface area (Å²) in [5, 5.41) is 2.93. The van der Waals surface area contributed by atoms with Gasteiger partial charge in [-0.05, 0) is 54.2 Å². The van der Waals surface area contributed by atoms with Gasteiger partial charge in [0.15, 0.2) is 0 Å². The Bertz CT molecular complexity index is 1210. The van der Waals surface area contributed by atoms with Gasteiger partial charge >= 0.3 is 0 Å². The molecule has 6 heteroatoms. The summed E-state index contributed by atoms with van der Waals surface area (Å²) in [6.45, 7) is 4.19. The molecule has 0 aliphatic carbocycles. The Balaban J connectivity index is 1.69. The normalized spacial score (nSPS) is 16.5. The fourth-order valence-electron chi connectivity index (χ4n) is 3.99. The summed E-state index contributed by atoms with van der Waals surface area (Å²) in [7, 11) is -3.86. The van der Waals surface area contributed by atoms with Crippen LogP contribution in [0.2, 0.25) is 0 Å². The number of fused-ring (bicyclic) bond motifs is 1. The number of hydrogen-bond donors (Lipinski definition) is 1. The number of aryl methyl sites for hydroxylation is 2. The zero-order chi connectivity index (χ0) is 22.0. The number of rotatable bonds is 5. The molecule has 0 fully saturated rings. The van der Waals surface area contributed by atoms with Crippen molar-refractivity contribution in [3.63, 3.8) is 0 Å². The average Bonchev–Trinajstić information content (AvgIpc) is 2.78. The van der Waals surface area contributed by atoms with Gasteiger partial charge in [-0.25, -0.2) is 8.42 Å². The third kappa shape index (κ3) is 4.40.